The van der Waals surface area contributed by atoms with Crippen molar-refractivity contribution in [3.8, 4) is 0 Å². The molecular formula is C12H16F3N3S. The molecule has 106 valence electrons. The standard InChI is InChI=1S/C12H16F3N3S/c13-12(14,15)8-3-5-18(6-4-8)11-9(7-1-2-7)10(16)17-19-11/h7-8H,1-6H2,(H2,16,17). The zero-order chi connectivity index (χ0) is 13.6. The van der Waals surface area contributed by atoms with Gasteiger partial charge >= 0.3 is 6.18 Å². The Hall–Kier alpha value is -0.980. The smallest absolute Gasteiger partial charge is 0.383 e. The number of hydrogen-bond acceptors (Lipinski definition) is 4. The van der Waals surface area contributed by atoms with E-state index < -0.39 is 12.1 Å². The average molecular weight is 291 g/mol. The van der Waals surface area contributed by atoms with Crippen LogP contribution in [0.25, 0.3) is 0 Å². The number of nitrogen functional groups attached to an aromatic ring is 1. The van der Waals surface area contributed by atoms with Crippen LogP contribution in [-0.4, -0.2) is 23.6 Å². The summed E-state index contributed by atoms with van der Waals surface area (Å²) in [5, 5.41) is 1.00. The second kappa shape index (κ2) is 4.54. The van der Waals surface area contributed by atoms with Crippen LogP contribution in [0.1, 0.15) is 37.2 Å². The molecular weight excluding hydrogens is 275 g/mol. The maximum atomic E-state index is 12.6. The highest BCUT2D eigenvalue weighted by Gasteiger charge is 2.42. The molecule has 1 saturated carbocycles. The van der Waals surface area contributed by atoms with Gasteiger partial charge in [0.25, 0.3) is 0 Å². The SMILES string of the molecule is Nc1nsc(N2CCC(C(F)(F)F)CC2)c1C1CC1. The van der Waals surface area contributed by atoms with Crippen LogP contribution < -0.4 is 10.6 Å². The van der Waals surface area contributed by atoms with E-state index in [0.29, 0.717) is 24.8 Å². The lowest BCUT2D eigenvalue weighted by Crippen LogP contribution is -2.39. The summed E-state index contributed by atoms with van der Waals surface area (Å²) in [6.07, 6.45) is -1.47. The van der Waals surface area contributed by atoms with Crippen LogP contribution in [0.5, 0.6) is 0 Å². The van der Waals surface area contributed by atoms with Crippen LogP contribution in [0, 0.1) is 5.92 Å². The van der Waals surface area contributed by atoms with Crippen LogP contribution in [-0.2, 0) is 0 Å². The second-order valence-corrected chi connectivity index (χ2v) is 6.12. The van der Waals surface area contributed by atoms with E-state index in [1.807, 2.05) is 4.90 Å². The van der Waals surface area contributed by atoms with Crippen molar-refractivity contribution in [1.82, 2.24) is 4.37 Å². The molecule has 0 aromatic carbocycles. The van der Waals surface area contributed by atoms with Gasteiger partial charge in [-0.1, -0.05) is 0 Å². The van der Waals surface area contributed by atoms with E-state index in [9.17, 15) is 13.2 Å². The minimum atomic E-state index is -4.06. The highest BCUT2D eigenvalue weighted by atomic mass is 32.1. The summed E-state index contributed by atoms with van der Waals surface area (Å²) in [4.78, 5) is 2.03. The third-order valence-electron chi connectivity index (χ3n) is 3.97. The molecule has 1 aliphatic carbocycles. The molecule has 19 heavy (non-hydrogen) atoms. The van der Waals surface area contributed by atoms with Gasteiger partial charge in [0, 0.05) is 18.7 Å². The topological polar surface area (TPSA) is 42.1 Å². The number of piperidine rings is 1. The summed E-state index contributed by atoms with van der Waals surface area (Å²) in [5.41, 5.74) is 6.96. The van der Waals surface area contributed by atoms with Crippen molar-refractivity contribution in [2.24, 2.45) is 5.92 Å². The summed E-state index contributed by atoms with van der Waals surface area (Å²) in [7, 11) is 0. The Kier molecular flexibility index (Phi) is 3.11. The summed E-state index contributed by atoms with van der Waals surface area (Å²) >= 11 is 1.33. The summed E-state index contributed by atoms with van der Waals surface area (Å²) in [6.45, 7) is 0.900. The van der Waals surface area contributed by atoms with Crippen molar-refractivity contribution in [1.29, 1.82) is 0 Å². The molecule has 3 rings (SSSR count). The molecule has 1 saturated heterocycles. The van der Waals surface area contributed by atoms with Gasteiger partial charge in [0.1, 0.15) is 10.8 Å². The van der Waals surface area contributed by atoms with Crippen molar-refractivity contribution < 1.29 is 13.2 Å². The Balaban J connectivity index is 1.72. The number of rotatable bonds is 2. The molecule has 1 aromatic heterocycles. The quantitative estimate of drug-likeness (QED) is 0.908. The van der Waals surface area contributed by atoms with Crippen molar-refractivity contribution in [2.75, 3.05) is 23.7 Å². The van der Waals surface area contributed by atoms with Crippen LogP contribution in [0.2, 0.25) is 0 Å². The van der Waals surface area contributed by atoms with E-state index in [-0.39, 0.29) is 12.8 Å². The monoisotopic (exact) mass is 291 g/mol. The van der Waals surface area contributed by atoms with Gasteiger partial charge in [-0.15, -0.1) is 0 Å². The second-order valence-electron chi connectivity index (χ2n) is 5.36. The number of alkyl halides is 3. The molecule has 2 aliphatic rings. The van der Waals surface area contributed by atoms with E-state index in [1.54, 1.807) is 0 Å². The molecule has 0 amide bonds. The molecule has 1 aromatic rings. The first-order chi connectivity index (χ1) is 8.97. The fraction of sp³-hybridized carbons (Fsp3) is 0.750. The van der Waals surface area contributed by atoms with Crippen LogP contribution in [0.4, 0.5) is 24.0 Å². The minimum Gasteiger partial charge on any atom is -0.383 e. The van der Waals surface area contributed by atoms with Gasteiger partial charge < -0.3 is 10.6 Å². The van der Waals surface area contributed by atoms with Gasteiger partial charge in [-0.05, 0) is 43.1 Å². The molecule has 2 heterocycles. The average Bonchev–Trinajstić information content (AvgIpc) is 3.12. The highest BCUT2D eigenvalue weighted by molar-refractivity contribution is 7.10. The normalized spacial score (nSPS) is 21.9. The lowest BCUT2D eigenvalue weighted by atomic mass is 9.96. The number of nitrogens with zero attached hydrogens (tertiary/aromatic N) is 2. The fourth-order valence-corrected chi connectivity index (χ4v) is 3.64. The van der Waals surface area contributed by atoms with E-state index >= 15 is 0 Å². The van der Waals surface area contributed by atoms with Crippen molar-refractivity contribution in [3.05, 3.63) is 5.56 Å². The van der Waals surface area contributed by atoms with E-state index in [4.69, 9.17) is 5.73 Å². The lowest BCUT2D eigenvalue weighted by Gasteiger charge is -2.33. The van der Waals surface area contributed by atoms with Gasteiger partial charge in [-0.25, -0.2) is 0 Å². The van der Waals surface area contributed by atoms with E-state index in [2.05, 4.69) is 4.37 Å². The summed E-state index contributed by atoms with van der Waals surface area (Å²) in [6, 6.07) is 0. The van der Waals surface area contributed by atoms with Crippen LogP contribution in [0.15, 0.2) is 0 Å². The van der Waals surface area contributed by atoms with Crippen molar-refractivity contribution in [3.63, 3.8) is 0 Å². The molecule has 2 N–H and O–H groups in total. The van der Waals surface area contributed by atoms with Crippen LogP contribution >= 0.6 is 11.5 Å². The first-order valence-electron chi connectivity index (χ1n) is 6.53. The highest BCUT2D eigenvalue weighted by Crippen LogP contribution is 2.49. The van der Waals surface area contributed by atoms with Gasteiger partial charge in [-0.3, -0.25) is 0 Å². The van der Waals surface area contributed by atoms with Crippen molar-refractivity contribution in [2.45, 2.75) is 37.8 Å². The zero-order valence-electron chi connectivity index (χ0n) is 10.4. The lowest BCUT2D eigenvalue weighted by molar-refractivity contribution is -0.179. The molecule has 0 radical (unpaired) electrons. The first-order valence-corrected chi connectivity index (χ1v) is 7.31. The Morgan fingerprint density at radius 3 is 2.32 bits per heavy atom. The Labute approximate surface area is 113 Å². The maximum Gasteiger partial charge on any atom is 0.391 e. The summed E-state index contributed by atoms with van der Waals surface area (Å²) < 4.78 is 42.1. The number of aromatic nitrogens is 1. The molecule has 2 fully saturated rings. The predicted molar refractivity (Wildman–Crippen MR) is 69.5 cm³/mol. The van der Waals surface area contributed by atoms with Crippen LogP contribution in [0.3, 0.4) is 0 Å². The van der Waals surface area contributed by atoms with Gasteiger partial charge in [0.05, 0.1) is 5.92 Å². The number of nitrogens with two attached hydrogens (primary N) is 1. The number of halogens is 3. The molecule has 7 heteroatoms. The first kappa shape index (κ1) is 13.0. The van der Waals surface area contributed by atoms with Crippen molar-refractivity contribution >= 4 is 22.4 Å². The Morgan fingerprint density at radius 1 is 1.16 bits per heavy atom. The van der Waals surface area contributed by atoms with Gasteiger partial charge in [0.2, 0.25) is 0 Å². The third kappa shape index (κ3) is 2.52. The zero-order valence-corrected chi connectivity index (χ0v) is 11.2. The van der Waals surface area contributed by atoms with Gasteiger partial charge in [0.15, 0.2) is 0 Å². The molecule has 0 unspecified atom stereocenters. The Morgan fingerprint density at radius 2 is 1.79 bits per heavy atom. The molecule has 0 spiro atoms. The number of anilines is 2. The van der Waals surface area contributed by atoms with E-state index in [0.717, 1.165) is 23.4 Å². The van der Waals surface area contributed by atoms with Gasteiger partial charge in [-0.2, -0.15) is 17.5 Å². The fourth-order valence-electron chi connectivity index (χ4n) is 2.69. The number of hydrogen-bond donors (Lipinski definition) is 1. The Bertz CT molecular complexity index is 459. The third-order valence-corrected chi connectivity index (χ3v) is 4.91. The molecule has 1 aliphatic heterocycles. The summed E-state index contributed by atoms with van der Waals surface area (Å²) in [5.74, 6) is -0.104. The molecule has 3 nitrogen and oxygen atoms in total. The maximum absolute atomic E-state index is 12.6. The largest absolute Gasteiger partial charge is 0.391 e. The minimum absolute atomic E-state index is 0.172. The molecule has 0 atom stereocenters. The molecule has 0 bridgehead atoms. The predicted octanol–water partition coefficient (Wildman–Crippen LogP) is 3.38. The van der Waals surface area contributed by atoms with E-state index in [1.165, 1.54) is 11.5 Å².